The average Bonchev–Trinajstić information content (AvgIpc) is 3.25. The minimum atomic E-state index is -0.831. The third kappa shape index (κ3) is 5.94. The minimum Gasteiger partial charge on any atom is -0.497 e. The molecular formula is C29H30N2O8S. The van der Waals surface area contributed by atoms with Crippen molar-refractivity contribution in [2.75, 3.05) is 34.0 Å². The Balaban J connectivity index is 1.88. The molecule has 0 fully saturated rings. The number of hydrogen-bond donors (Lipinski definition) is 0. The van der Waals surface area contributed by atoms with E-state index in [9.17, 15) is 14.4 Å². The van der Waals surface area contributed by atoms with Crippen LogP contribution in [0.25, 0.3) is 6.08 Å². The third-order valence-electron chi connectivity index (χ3n) is 6.09. The predicted octanol–water partition coefficient (Wildman–Crippen LogP) is 2.76. The summed E-state index contributed by atoms with van der Waals surface area (Å²) in [6, 6.07) is 11.5. The van der Waals surface area contributed by atoms with Crippen LogP contribution in [-0.4, -0.2) is 50.5 Å². The largest absolute Gasteiger partial charge is 0.497 e. The van der Waals surface area contributed by atoms with Crippen molar-refractivity contribution >= 4 is 29.4 Å². The highest BCUT2D eigenvalue weighted by atomic mass is 32.1. The number of carbonyl (C=O) groups excluding carboxylic acids is 2. The maximum atomic E-state index is 13.8. The van der Waals surface area contributed by atoms with Crippen molar-refractivity contribution < 1.29 is 33.3 Å². The van der Waals surface area contributed by atoms with Crippen molar-refractivity contribution in [3.05, 3.63) is 84.5 Å². The molecule has 0 saturated heterocycles. The highest BCUT2D eigenvalue weighted by Gasteiger charge is 2.34. The summed E-state index contributed by atoms with van der Waals surface area (Å²) >= 11 is 1.23. The smallest absolute Gasteiger partial charge is 0.343 e. The van der Waals surface area contributed by atoms with Crippen molar-refractivity contribution in [1.82, 2.24) is 4.57 Å². The molecule has 0 N–H and O–H groups in total. The van der Waals surface area contributed by atoms with Gasteiger partial charge in [0, 0.05) is 0 Å². The van der Waals surface area contributed by atoms with E-state index in [1.165, 1.54) is 23.0 Å². The number of rotatable bonds is 10. The Labute approximate surface area is 234 Å². The monoisotopic (exact) mass is 566 g/mol. The van der Waals surface area contributed by atoms with E-state index in [2.05, 4.69) is 9.73 Å². The quantitative estimate of drug-likeness (QED) is 0.344. The van der Waals surface area contributed by atoms with Crippen LogP contribution in [0.5, 0.6) is 17.2 Å². The van der Waals surface area contributed by atoms with Crippen molar-refractivity contribution in [3.63, 3.8) is 0 Å². The number of benzene rings is 2. The Morgan fingerprint density at radius 2 is 1.77 bits per heavy atom. The number of carbonyl (C=O) groups is 2. The summed E-state index contributed by atoms with van der Waals surface area (Å²) in [7, 11) is 2.86. The Bertz CT molecular complexity index is 1620. The number of nitrogens with zero attached hydrogens (tertiary/aromatic N) is 2. The molecule has 1 aromatic heterocycles. The van der Waals surface area contributed by atoms with Crippen molar-refractivity contribution in [3.8, 4) is 17.2 Å². The minimum absolute atomic E-state index is 0.161. The first-order valence-corrected chi connectivity index (χ1v) is 13.4. The summed E-state index contributed by atoms with van der Waals surface area (Å²) in [6.45, 7) is 5.43. The van der Waals surface area contributed by atoms with Crippen molar-refractivity contribution in [2.45, 2.75) is 26.8 Å². The van der Waals surface area contributed by atoms with E-state index in [1.54, 1.807) is 45.2 Å². The highest BCUT2D eigenvalue weighted by molar-refractivity contribution is 7.07. The van der Waals surface area contributed by atoms with Crippen LogP contribution in [0.3, 0.4) is 0 Å². The van der Waals surface area contributed by atoms with Gasteiger partial charge in [-0.2, -0.15) is 0 Å². The molecule has 10 nitrogen and oxygen atoms in total. The first kappa shape index (κ1) is 28.6. The molecule has 0 amide bonds. The number of ether oxygens (including phenoxy) is 5. The van der Waals surface area contributed by atoms with Crippen LogP contribution in [0.1, 0.15) is 37.9 Å². The zero-order valence-corrected chi connectivity index (χ0v) is 23.7. The molecule has 11 heteroatoms. The fraction of sp³-hybridized carbons (Fsp3) is 0.310. The van der Waals surface area contributed by atoms with Crippen molar-refractivity contribution in [2.24, 2.45) is 4.99 Å². The van der Waals surface area contributed by atoms with Crippen LogP contribution in [-0.2, 0) is 19.1 Å². The molecule has 2 aromatic carbocycles. The number of aromatic nitrogens is 1. The van der Waals surface area contributed by atoms with Crippen LogP contribution in [0, 0.1) is 0 Å². The molecular weight excluding hydrogens is 536 g/mol. The summed E-state index contributed by atoms with van der Waals surface area (Å²) in [5.41, 5.74) is 1.79. The van der Waals surface area contributed by atoms with Gasteiger partial charge in [-0.05, 0) is 62.2 Å². The normalized spacial score (nSPS) is 14.7. The molecule has 2 heterocycles. The molecule has 3 aromatic rings. The Morgan fingerprint density at radius 1 is 1.02 bits per heavy atom. The van der Waals surface area contributed by atoms with Crippen LogP contribution in [0.15, 0.2) is 63.5 Å². The second kappa shape index (κ2) is 12.6. The first-order chi connectivity index (χ1) is 19.3. The topological polar surface area (TPSA) is 115 Å². The van der Waals surface area contributed by atoms with Crippen LogP contribution in [0.2, 0.25) is 0 Å². The molecule has 0 saturated carbocycles. The molecule has 0 bridgehead atoms. The van der Waals surface area contributed by atoms with E-state index in [0.717, 1.165) is 5.56 Å². The first-order valence-electron chi connectivity index (χ1n) is 12.6. The van der Waals surface area contributed by atoms with Crippen molar-refractivity contribution in [1.29, 1.82) is 0 Å². The zero-order chi connectivity index (χ0) is 28.8. The van der Waals surface area contributed by atoms with Gasteiger partial charge in [-0.25, -0.2) is 14.6 Å². The lowest BCUT2D eigenvalue weighted by atomic mass is 9.95. The zero-order valence-electron chi connectivity index (χ0n) is 22.9. The molecule has 0 unspecified atom stereocenters. The van der Waals surface area contributed by atoms with E-state index in [4.69, 9.17) is 18.9 Å². The molecule has 1 atom stereocenters. The number of thiazole rings is 1. The fourth-order valence-corrected chi connectivity index (χ4v) is 5.28. The second-order valence-corrected chi connectivity index (χ2v) is 9.59. The number of fused-ring (bicyclic) bond motifs is 1. The van der Waals surface area contributed by atoms with Gasteiger partial charge >= 0.3 is 11.9 Å². The van der Waals surface area contributed by atoms with E-state index >= 15 is 0 Å². The molecule has 0 radical (unpaired) electrons. The third-order valence-corrected chi connectivity index (χ3v) is 7.07. The molecule has 1 aliphatic heterocycles. The summed E-state index contributed by atoms with van der Waals surface area (Å²) in [5, 5.41) is 0. The molecule has 1 aliphatic rings. The number of esters is 2. The Kier molecular flexibility index (Phi) is 9.05. The van der Waals surface area contributed by atoms with Gasteiger partial charge in [0.25, 0.3) is 5.56 Å². The lowest BCUT2D eigenvalue weighted by molar-refractivity contribution is -0.143. The Hall–Kier alpha value is -4.38. The number of hydrogen-bond acceptors (Lipinski definition) is 10. The fourth-order valence-electron chi connectivity index (χ4n) is 4.24. The standard InChI is InChI=1S/C29H30N2O8S/c1-6-37-22-15-19(10-13-21(22)39-16-24(32)36-5)26-25(28(34)38-7-2)17(3)30-29-31(26)27(33)23(40-29)14-18-8-11-20(35-4)12-9-18/h8-15,26H,6-7,16H2,1-5H3/b23-14-/t26-/m1/s1. The molecule has 0 spiro atoms. The van der Waals surface area contributed by atoms with Gasteiger partial charge in [0.1, 0.15) is 5.75 Å². The van der Waals surface area contributed by atoms with Gasteiger partial charge in [0.2, 0.25) is 0 Å². The number of methoxy groups -OCH3 is 2. The molecule has 0 aliphatic carbocycles. The van der Waals surface area contributed by atoms with E-state index < -0.39 is 18.0 Å². The van der Waals surface area contributed by atoms with Gasteiger partial charge in [-0.1, -0.05) is 29.5 Å². The van der Waals surface area contributed by atoms with Gasteiger partial charge in [-0.3, -0.25) is 9.36 Å². The lowest BCUT2D eigenvalue weighted by Crippen LogP contribution is -2.40. The van der Waals surface area contributed by atoms with Crippen LogP contribution in [0.4, 0.5) is 0 Å². The highest BCUT2D eigenvalue weighted by Crippen LogP contribution is 2.36. The van der Waals surface area contributed by atoms with Crippen LogP contribution >= 0.6 is 11.3 Å². The second-order valence-electron chi connectivity index (χ2n) is 8.58. The predicted molar refractivity (Wildman–Crippen MR) is 149 cm³/mol. The maximum Gasteiger partial charge on any atom is 0.343 e. The number of allylic oxidation sites excluding steroid dienone is 1. The van der Waals surface area contributed by atoms with E-state index in [0.29, 0.717) is 44.4 Å². The molecule has 210 valence electrons. The molecule has 40 heavy (non-hydrogen) atoms. The average molecular weight is 567 g/mol. The van der Waals surface area contributed by atoms with Gasteiger partial charge in [-0.15, -0.1) is 0 Å². The summed E-state index contributed by atoms with van der Waals surface area (Å²) < 4.78 is 28.6. The van der Waals surface area contributed by atoms with Gasteiger partial charge in [0.05, 0.1) is 49.3 Å². The Morgan fingerprint density at radius 3 is 2.42 bits per heavy atom. The van der Waals surface area contributed by atoms with Gasteiger partial charge < -0.3 is 23.7 Å². The summed E-state index contributed by atoms with van der Waals surface area (Å²) in [4.78, 5) is 43.7. The van der Waals surface area contributed by atoms with Gasteiger partial charge in [0.15, 0.2) is 22.9 Å². The van der Waals surface area contributed by atoms with Crippen LogP contribution < -0.4 is 29.1 Å². The SMILES string of the molecule is CCOC(=O)C1=C(C)N=c2s/c(=C\c3ccc(OC)cc3)c(=O)n2[C@@H]1c1ccc(OCC(=O)OC)c(OCC)c1. The van der Waals surface area contributed by atoms with E-state index in [1.807, 2.05) is 31.2 Å². The maximum absolute atomic E-state index is 13.8. The summed E-state index contributed by atoms with van der Waals surface area (Å²) in [5.74, 6) is 0.265. The summed E-state index contributed by atoms with van der Waals surface area (Å²) in [6.07, 6.45) is 1.78. The lowest BCUT2D eigenvalue weighted by Gasteiger charge is -2.25. The van der Waals surface area contributed by atoms with E-state index in [-0.39, 0.29) is 24.3 Å². The molecule has 4 rings (SSSR count).